The van der Waals surface area contributed by atoms with Crippen LogP contribution in [0.3, 0.4) is 0 Å². The van der Waals surface area contributed by atoms with Crippen molar-refractivity contribution in [2.75, 3.05) is 0 Å². The van der Waals surface area contributed by atoms with Gasteiger partial charge in [-0.05, 0) is 81.4 Å². The molecule has 0 atom stereocenters. The van der Waals surface area contributed by atoms with Gasteiger partial charge >= 0.3 is 0 Å². The van der Waals surface area contributed by atoms with Crippen molar-refractivity contribution in [3.8, 4) is 84.4 Å². The van der Waals surface area contributed by atoms with Gasteiger partial charge < -0.3 is 8.98 Å². The molecule has 0 aliphatic carbocycles. The summed E-state index contributed by atoms with van der Waals surface area (Å²) in [5.74, 6) is 1.77. The molecule has 10 aromatic carbocycles. The van der Waals surface area contributed by atoms with E-state index in [9.17, 15) is 0 Å². The maximum atomic E-state index is 7.06. The topological polar surface area (TPSA) is 56.7 Å². The molecule has 0 fully saturated rings. The van der Waals surface area contributed by atoms with Crippen LogP contribution in [0.15, 0.2) is 247 Å². The van der Waals surface area contributed by atoms with E-state index in [2.05, 4.69) is 211 Å². The van der Waals surface area contributed by atoms with Gasteiger partial charge in [-0.2, -0.15) is 0 Å². The molecule has 5 nitrogen and oxygen atoms in total. The summed E-state index contributed by atoms with van der Waals surface area (Å²) in [6.45, 7) is 0. The lowest BCUT2D eigenvalue weighted by atomic mass is 9.89. The molecule has 68 heavy (non-hydrogen) atoms. The number of furan rings is 1. The van der Waals surface area contributed by atoms with Crippen LogP contribution in [0, 0.1) is 0 Å². The molecule has 0 aliphatic rings. The Morgan fingerprint density at radius 2 is 0.809 bits per heavy atom. The van der Waals surface area contributed by atoms with Crippen molar-refractivity contribution in [2.45, 2.75) is 0 Å². The second kappa shape index (κ2) is 16.4. The van der Waals surface area contributed by atoms with Crippen LogP contribution >= 0.6 is 0 Å². The molecule has 0 amide bonds. The SMILES string of the molecule is c1ccc(-c2nc(-c3ccccc3)nc(-c3cc(-c4ccc(-c5ccccc5)c(-c5ccccc5)c4)ccc3-c3cccc4c3oc3ccc5c(c6ccccc6n5-c5ccccc5)c34)n2)cc1. The van der Waals surface area contributed by atoms with Crippen LogP contribution in [0.2, 0.25) is 0 Å². The summed E-state index contributed by atoms with van der Waals surface area (Å²) in [6, 6.07) is 85.1. The third kappa shape index (κ3) is 6.68. The standard InChI is InChI=1S/C63H40N4O/c1-6-19-41(20-7-1)48-35-33-45(39-53(48)42-21-8-2-9-22-42)46-34-36-49(54(40-46)63-65-61(43-23-10-3-11-24-43)64-62(66-63)44-25-12-4-13-26-44)50-30-18-31-52-59-57(68-60(50)52)38-37-56-58(59)51-29-16-17-32-55(51)67(56)47-27-14-5-15-28-47/h1-40H. The van der Waals surface area contributed by atoms with Gasteiger partial charge in [-0.3, -0.25) is 0 Å². The largest absolute Gasteiger partial charge is 0.455 e. The van der Waals surface area contributed by atoms with E-state index in [0.29, 0.717) is 17.5 Å². The van der Waals surface area contributed by atoms with Crippen molar-refractivity contribution >= 4 is 43.7 Å². The zero-order valence-corrected chi connectivity index (χ0v) is 36.8. The number of aromatic nitrogens is 4. The molecular weight excluding hydrogens is 829 g/mol. The summed E-state index contributed by atoms with van der Waals surface area (Å²) in [4.78, 5) is 15.7. The Labute approximate surface area is 392 Å². The maximum absolute atomic E-state index is 7.06. The molecule has 3 heterocycles. The van der Waals surface area contributed by atoms with Crippen molar-refractivity contribution in [3.63, 3.8) is 0 Å². The van der Waals surface area contributed by atoms with E-state index in [0.717, 1.165) is 88.7 Å². The van der Waals surface area contributed by atoms with Gasteiger partial charge in [-0.25, -0.2) is 15.0 Å². The van der Waals surface area contributed by atoms with Crippen molar-refractivity contribution in [1.29, 1.82) is 0 Å². The third-order valence-corrected chi connectivity index (χ3v) is 13.1. The fourth-order valence-corrected chi connectivity index (χ4v) is 9.94. The van der Waals surface area contributed by atoms with Crippen LogP contribution in [0.5, 0.6) is 0 Å². The Morgan fingerprint density at radius 3 is 1.46 bits per heavy atom. The van der Waals surface area contributed by atoms with Gasteiger partial charge in [0.2, 0.25) is 0 Å². The van der Waals surface area contributed by atoms with E-state index in [1.54, 1.807) is 0 Å². The molecule has 5 heteroatoms. The third-order valence-electron chi connectivity index (χ3n) is 13.1. The number of rotatable bonds is 8. The lowest BCUT2D eigenvalue weighted by Gasteiger charge is -2.16. The number of fused-ring (bicyclic) bond motifs is 7. The summed E-state index contributed by atoms with van der Waals surface area (Å²) >= 11 is 0. The van der Waals surface area contributed by atoms with E-state index in [4.69, 9.17) is 19.4 Å². The van der Waals surface area contributed by atoms with Gasteiger partial charge in [0.15, 0.2) is 17.5 Å². The number of hydrogen-bond donors (Lipinski definition) is 0. The maximum Gasteiger partial charge on any atom is 0.164 e. The highest BCUT2D eigenvalue weighted by atomic mass is 16.3. The molecule has 0 N–H and O–H groups in total. The van der Waals surface area contributed by atoms with Crippen LogP contribution in [0.1, 0.15) is 0 Å². The molecule has 0 saturated heterocycles. The zero-order valence-electron chi connectivity index (χ0n) is 36.8. The summed E-state index contributed by atoms with van der Waals surface area (Å²) in [7, 11) is 0. The molecular formula is C63H40N4O. The Bertz CT molecular complexity index is 3940. The van der Waals surface area contributed by atoms with Gasteiger partial charge in [0.25, 0.3) is 0 Å². The lowest BCUT2D eigenvalue weighted by Crippen LogP contribution is -2.01. The molecule has 13 aromatic rings. The molecule has 0 aliphatic heterocycles. The fraction of sp³-hybridized carbons (Fsp3) is 0. The number of benzene rings is 10. The highest BCUT2D eigenvalue weighted by Gasteiger charge is 2.23. The fourth-order valence-electron chi connectivity index (χ4n) is 9.94. The highest BCUT2D eigenvalue weighted by molar-refractivity contribution is 6.28. The zero-order chi connectivity index (χ0) is 45.0. The minimum Gasteiger partial charge on any atom is -0.455 e. The summed E-state index contributed by atoms with van der Waals surface area (Å²) in [5, 5.41) is 4.48. The monoisotopic (exact) mass is 868 g/mol. The Hall–Kier alpha value is -9.19. The normalized spacial score (nSPS) is 11.5. The molecule has 0 spiro atoms. The predicted octanol–water partition coefficient (Wildman–Crippen LogP) is 16.5. The molecule has 3 aromatic heterocycles. The molecule has 0 bridgehead atoms. The van der Waals surface area contributed by atoms with Crippen molar-refractivity contribution < 1.29 is 4.42 Å². The summed E-state index contributed by atoms with van der Waals surface area (Å²) < 4.78 is 9.42. The summed E-state index contributed by atoms with van der Waals surface area (Å²) in [5.41, 5.74) is 16.4. The van der Waals surface area contributed by atoms with Crippen LogP contribution in [-0.2, 0) is 0 Å². The molecule has 13 rings (SSSR count). The first-order valence-corrected chi connectivity index (χ1v) is 22.9. The summed E-state index contributed by atoms with van der Waals surface area (Å²) in [6.07, 6.45) is 0. The van der Waals surface area contributed by atoms with Crippen molar-refractivity contribution in [3.05, 3.63) is 243 Å². The number of nitrogens with zero attached hydrogens (tertiary/aromatic N) is 4. The Balaban J connectivity index is 1.07. The quantitative estimate of drug-likeness (QED) is 0.153. The van der Waals surface area contributed by atoms with Crippen LogP contribution in [0.25, 0.3) is 128 Å². The van der Waals surface area contributed by atoms with E-state index >= 15 is 0 Å². The van der Waals surface area contributed by atoms with Crippen molar-refractivity contribution in [2.24, 2.45) is 0 Å². The van der Waals surface area contributed by atoms with Crippen LogP contribution < -0.4 is 0 Å². The average Bonchev–Trinajstić information content (AvgIpc) is 3.98. The molecule has 0 radical (unpaired) electrons. The van der Waals surface area contributed by atoms with Gasteiger partial charge in [-0.1, -0.05) is 200 Å². The minimum atomic E-state index is 0.570. The van der Waals surface area contributed by atoms with Crippen LogP contribution in [0.4, 0.5) is 0 Å². The second-order valence-corrected chi connectivity index (χ2v) is 17.1. The Morgan fingerprint density at radius 1 is 0.294 bits per heavy atom. The average molecular weight is 869 g/mol. The smallest absolute Gasteiger partial charge is 0.164 e. The van der Waals surface area contributed by atoms with Gasteiger partial charge in [0.1, 0.15) is 11.2 Å². The minimum absolute atomic E-state index is 0.570. The van der Waals surface area contributed by atoms with Gasteiger partial charge in [0.05, 0.1) is 11.0 Å². The van der Waals surface area contributed by atoms with Crippen molar-refractivity contribution in [1.82, 2.24) is 19.5 Å². The Kier molecular flexibility index (Phi) is 9.43. The van der Waals surface area contributed by atoms with E-state index in [1.807, 2.05) is 36.4 Å². The molecule has 0 saturated carbocycles. The van der Waals surface area contributed by atoms with Crippen LogP contribution in [-0.4, -0.2) is 19.5 Å². The first kappa shape index (κ1) is 39.2. The van der Waals surface area contributed by atoms with Gasteiger partial charge in [0, 0.05) is 49.5 Å². The van der Waals surface area contributed by atoms with Gasteiger partial charge in [-0.15, -0.1) is 0 Å². The lowest BCUT2D eigenvalue weighted by molar-refractivity contribution is 0.670. The molecule has 318 valence electrons. The van der Waals surface area contributed by atoms with E-state index < -0.39 is 0 Å². The van der Waals surface area contributed by atoms with E-state index in [1.165, 1.54) is 21.9 Å². The predicted molar refractivity (Wildman–Crippen MR) is 279 cm³/mol. The second-order valence-electron chi connectivity index (χ2n) is 17.1. The highest BCUT2D eigenvalue weighted by Crippen LogP contribution is 2.46. The first-order valence-electron chi connectivity index (χ1n) is 22.9. The first-order chi connectivity index (χ1) is 33.7. The molecule has 0 unspecified atom stereocenters. The van der Waals surface area contributed by atoms with E-state index in [-0.39, 0.29) is 0 Å². The number of para-hydroxylation sites is 3. The number of hydrogen-bond acceptors (Lipinski definition) is 4.